The monoisotopic (exact) mass is 305 g/mol. The predicted octanol–water partition coefficient (Wildman–Crippen LogP) is 3.65. The highest BCUT2D eigenvalue weighted by Crippen LogP contribution is 2.19. The van der Waals surface area contributed by atoms with E-state index < -0.39 is 0 Å². The van der Waals surface area contributed by atoms with Crippen LogP contribution in [0.4, 0.5) is 5.82 Å². The van der Waals surface area contributed by atoms with Gasteiger partial charge in [-0.2, -0.15) is 0 Å². The Morgan fingerprint density at radius 1 is 1.17 bits per heavy atom. The highest BCUT2D eigenvalue weighted by atomic mass is 79.9. The first-order valence-electron chi connectivity index (χ1n) is 5.95. The van der Waals surface area contributed by atoms with Crippen LogP contribution in [0.15, 0.2) is 47.3 Å². The molecule has 94 valence electrons. The van der Waals surface area contributed by atoms with Crippen molar-refractivity contribution in [1.82, 2.24) is 9.97 Å². The van der Waals surface area contributed by atoms with E-state index in [1.807, 2.05) is 12.1 Å². The van der Waals surface area contributed by atoms with Crippen molar-refractivity contribution in [2.75, 3.05) is 4.90 Å². The Labute approximate surface area is 116 Å². The Kier molecular flexibility index (Phi) is 4.31. The molecule has 2 rings (SSSR count). The smallest absolute Gasteiger partial charge is 0.133 e. The third kappa shape index (κ3) is 3.29. The average Bonchev–Trinajstić information content (AvgIpc) is 2.37. The lowest BCUT2D eigenvalue weighted by Gasteiger charge is -2.27. The Balaban J connectivity index is 2.24. The van der Waals surface area contributed by atoms with Crippen molar-refractivity contribution in [2.45, 2.75) is 26.4 Å². The molecular weight excluding hydrogens is 290 g/mol. The van der Waals surface area contributed by atoms with Gasteiger partial charge in [0.2, 0.25) is 0 Å². The maximum absolute atomic E-state index is 4.34. The molecule has 0 bridgehead atoms. The van der Waals surface area contributed by atoms with E-state index in [1.165, 1.54) is 5.56 Å². The summed E-state index contributed by atoms with van der Waals surface area (Å²) in [4.78, 5) is 10.7. The standard InChI is InChI=1S/C14H16BrN3/c1-11(2)18(9-12-6-4-3-5-7-12)14-8-13(15)16-10-17-14/h3-8,10-11H,9H2,1-2H3. The molecule has 0 fully saturated rings. The molecule has 0 saturated heterocycles. The van der Waals surface area contributed by atoms with Gasteiger partial charge < -0.3 is 4.90 Å². The summed E-state index contributed by atoms with van der Waals surface area (Å²) >= 11 is 3.39. The first-order valence-corrected chi connectivity index (χ1v) is 6.74. The second kappa shape index (κ2) is 5.96. The Bertz CT molecular complexity index is 499. The first kappa shape index (κ1) is 13.0. The van der Waals surface area contributed by atoms with Crippen molar-refractivity contribution in [3.05, 3.63) is 52.9 Å². The summed E-state index contributed by atoms with van der Waals surface area (Å²) in [6.45, 7) is 5.18. The fourth-order valence-electron chi connectivity index (χ4n) is 1.79. The molecule has 0 radical (unpaired) electrons. The maximum atomic E-state index is 4.34. The van der Waals surface area contributed by atoms with Crippen LogP contribution in [0.3, 0.4) is 0 Å². The second-order valence-corrected chi connectivity index (χ2v) is 5.22. The van der Waals surface area contributed by atoms with Crippen LogP contribution in [0, 0.1) is 0 Å². The molecule has 0 aliphatic heterocycles. The van der Waals surface area contributed by atoms with E-state index in [2.05, 4.69) is 68.9 Å². The molecule has 4 heteroatoms. The summed E-state index contributed by atoms with van der Waals surface area (Å²) in [5.74, 6) is 0.940. The first-order chi connectivity index (χ1) is 8.66. The van der Waals surface area contributed by atoms with Gasteiger partial charge >= 0.3 is 0 Å². The molecular formula is C14H16BrN3. The number of halogens is 1. The van der Waals surface area contributed by atoms with Crippen LogP contribution in [0.1, 0.15) is 19.4 Å². The summed E-state index contributed by atoms with van der Waals surface area (Å²) in [5, 5.41) is 0. The van der Waals surface area contributed by atoms with Gasteiger partial charge in [0.05, 0.1) is 0 Å². The zero-order valence-electron chi connectivity index (χ0n) is 10.5. The molecule has 0 spiro atoms. The molecule has 0 amide bonds. The van der Waals surface area contributed by atoms with Crippen molar-refractivity contribution in [3.63, 3.8) is 0 Å². The van der Waals surface area contributed by atoms with E-state index in [-0.39, 0.29) is 0 Å². The van der Waals surface area contributed by atoms with E-state index in [4.69, 9.17) is 0 Å². The molecule has 0 N–H and O–H groups in total. The van der Waals surface area contributed by atoms with Crippen molar-refractivity contribution >= 4 is 21.7 Å². The van der Waals surface area contributed by atoms with Gasteiger partial charge in [0.15, 0.2) is 0 Å². The summed E-state index contributed by atoms with van der Waals surface area (Å²) in [7, 11) is 0. The molecule has 3 nitrogen and oxygen atoms in total. The van der Waals surface area contributed by atoms with Crippen LogP contribution in [0.25, 0.3) is 0 Å². The van der Waals surface area contributed by atoms with Crippen LogP contribution in [0.2, 0.25) is 0 Å². The topological polar surface area (TPSA) is 29.0 Å². The number of nitrogens with zero attached hydrogens (tertiary/aromatic N) is 3. The lowest BCUT2D eigenvalue weighted by molar-refractivity contribution is 0.671. The van der Waals surface area contributed by atoms with E-state index >= 15 is 0 Å². The number of hydrogen-bond acceptors (Lipinski definition) is 3. The number of rotatable bonds is 4. The van der Waals surface area contributed by atoms with Gasteiger partial charge in [0.25, 0.3) is 0 Å². The highest BCUT2D eigenvalue weighted by molar-refractivity contribution is 9.10. The molecule has 0 atom stereocenters. The van der Waals surface area contributed by atoms with E-state index in [9.17, 15) is 0 Å². The minimum Gasteiger partial charge on any atom is -0.350 e. The van der Waals surface area contributed by atoms with Crippen molar-refractivity contribution in [1.29, 1.82) is 0 Å². The van der Waals surface area contributed by atoms with Crippen LogP contribution in [-0.4, -0.2) is 16.0 Å². The Hall–Kier alpha value is -1.42. The fraction of sp³-hybridized carbons (Fsp3) is 0.286. The van der Waals surface area contributed by atoms with Crippen molar-refractivity contribution in [2.24, 2.45) is 0 Å². The largest absolute Gasteiger partial charge is 0.350 e. The lowest BCUT2D eigenvalue weighted by Crippen LogP contribution is -2.30. The van der Waals surface area contributed by atoms with E-state index in [0.29, 0.717) is 6.04 Å². The predicted molar refractivity (Wildman–Crippen MR) is 77.5 cm³/mol. The average molecular weight is 306 g/mol. The van der Waals surface area contributed by atoms with E-state index in [0.717, 1.165) is 17.0 Å². The fourth-order valence-corrected chi connectivity index (χ4v) is 2.09. The molecule has 0 saturated carbocycles. The maximum Gasteiger partial charge on any atom is 0.133 e. The van der Waals surface area contributed by atoms with Gasteiger partial charge in [-0.15, -0.1) is 0 Å². The number of benzene rings is 1. The minimum absolute atomic E-state index is 0.381. The SMILES string of the molecule is CC(C)N(Cc1ccccc1)c1cc(Br)ncn1. The van der Waals surface area contributed by atoms with Gasteiger partial charge in [0.1, 0.15) is 16.7 Å². The molecule has 0 unspecified atom stereocenters. The van der Waals surface area contributed by atoms with Gasteiger partial charge in [-0.3, -0.25) is 0 Å². The summed E-state index contributed by atoms with van der Waals surface area (Å²) < 4.78 is 0.811. The van der Waals surface area contributed by atoms with Crippen LogP contribution >= 0.6 is 15.9 Å². The van der Waals surface area contributed by atoms with Gasteiger partial charge in [-0.05, 0) is 35.3 Å². The molecule has 18 heavy (non-hydrogen) atoms. The molecule has 1 aromatic carbocycles. The van der Waals surface area contributed by atoms with Crippen molar-refractivity contribution in [3.8, 4) is 0 Å². The summed E-state index contributed by atoms with van der Waals surface area (Å²) in [6, 6.07) is 12.7. The van der Waals surface area contributed by atoms with Gasteiger partial charge in [0, 0.05) is 18.7 Å². The van der Waals surface area contributed by atoms with Gasteiger partial charge in [-0.25, -0.2) is 9.97 Å². The lowest BCUT2D eigenvalue weighted by atomic mass is 10.2. The highest BCUT2D eigenvalue weighted by Gasteiger charge is 2.12. The number of aromatic nitrogens is 2. The molecule has 0 aliphatic carbocycles. The molecule has 0 aliphatic rings. The zero-order chi connectivity index (χ0) is 13.0. The van der Waals surface area contributed by atoms with Crippen LogP contribution in [0.5, 0.6) is 0 Å². The number of hydrogen-bond donors (Lipinski definition) is 0. The third-order valence-corrected chi connectivity index (χ3v) is 3.17. The Morgan fingerprint density at radius 3 is 2.50 bits per heavy atom. The summed E-state index contributed by atoms with van der Waals surface area (Å²) in [5.41, 5.74) is 1.28. The quantitative estimate of drug-likeness (QED) is 0.807. The molecule has 1 aromatic heterocycles. The molecule has 2 aromatic rings. The normalized spacial score (nSPS) is 10.7. The van der Waals surface area contributed by atoms with Crippen molar-refractivity contribution < 1.29 is 0 Å². The zero-order valence-corrected chi connectivity index (χ0v) is 12.1. The molecule has 1 heterocycles. The number of anilines is 1. The second-order valence-electron chi connectivity index (χ2n) is 4.41. The van der Waals surface area contributed by atoms with Crippen LogP contribution in [-0.2, 0) is 6.54 Å². The summed E-state index contributed by atoms with van der Waals surface area (Å²) in [6.07, 6.45) is 1.58. The third-order valence-electron chi connectivity index (χ3n) is 2.73. The van der Waals surface area contributed by atoms with Crippen LogP contribution < -0.4 is 4.90 Å². The van der Waals surface area contributed by atoms with E-state index in [1.54, 1.807) is 6.33 Å². The van der Waals surface area contributed by atoms with Gasteiger partial charge in [-0.1, -0.05) is 30.3 Å². The minimum atomic E-state index is 0.381. The Morgan fingerprint density at radius 2 is 1.89 bits per heavy atom.